The highest BCUT2D eigenvalue weighted by Crippen LogP contribution is 2.21. The van der Waals surface area contributed by atoms with Gasteiger partial charge in [-0.3, -0.25) is 9.52 Å². The Labute approximate surface area is 193 Å². The Balaban J connectivity index is 1.35. The highest BCUT2D eigenvalue weighted by molar-refractivity contribution is 7.92. The van der Waals surface area contributed by atoms with Crippen LogP contribution in [-0.2, 0) is 19.6 Å². The standard InChI is InChI=1S/C22H18N4O5S2/c1-14-5-9-16(10-6-14)26-33(29,30)17-11-7-15(8-12-17)22(28)31-13-20(27)23-18-3-2-4-19-21(18)25-32-24-19/h2-12,26H,13H2,1H3,(H,23,27). The Morgan fingerprint density at radius 3 is 2.42 bits per heavy atom. The minimum absolute atomic E-state index is 0.0117. The highest BCUT2D eigenvalue weighted by atomic mass is 32.2. The monoisotopic (exact) mass is 482 g/mol. The number of nitrogens with zero attached hydrogens (tertiary/aromatic N) is 2. The molecule has 0 fully saturated rings. The number of nitrogens with one attached hydrogen (secondary N) is 2. The van der Waals surface area contributed by atoms with Crippen molar-refractivity contribution < 1.29 is 22.7 Å². The molecule has 4 aromatic rings. The molecular formula is C22H18N4O5S2. The van der Waals surface area contributed by atoms with Crippen molar-refractivity contribution in [3.05, 3.63) is 77.9 Å². The van der Waals surface area contributed by atoms with Gasteiger partial charge in [0.05, 0.1) is 27.9 Å². The third-order valence-corrected chi connectivity index (χ3v) is 6.54. The first-order valence-electron chi connectivity index (χ1n) is 9.70. The summed E-state index contributed by atoms with van der Waals surface area (Å²) in [6.45, 7) is 1.39. The number of hydrogen-bond donors (Lipinski definition) is 2. The Morgan fingerprint density at radius 1 is 0.970 bits per heavy atom. The molecule has 2 N–H and O–H groups in total. The van der Waals surface area contributed by atoms with Gasteiger partial charge in [-0.1, -0.05) is 23.8 Å². The van der Waals surface area contributed by atoms with Crippen LogP contribution < -0.4 is 10.0 Å². The molecule has 0 bridgehead atoms. The van der Waals surface area contributed by atoms with Crippen molar-refractivity contribution >= 4 is 56.0 Å². The number of hydrogen-bond acceptors (Lipinski definition) is 8. The van der Waals surface area contributed by atoms with Crippen LogP contribution in [0.1, 0.15) is 15.9 Å². The van der Waals surface area contributed by atoms with E-state index in [1.807, 2.05) is 6.92 Å². The van der Waals surface area contributed by atoms with Crippen LogP contribution in [0.25, 0.3) is 11.0 Å². The third kappa shape index (κ3) is 5.33. The molecule has 168 valence electrons. The van der Waals surface area contributed by atoms with E-state index in [-0.39, 0.29) is 10.5 Å². The smallest absolute Gasteiger partial charge is 0.338 e. The van der Waals surface area contributed by atoms with Crippen molar-refractivity contribution in [1.29, 1.82) is 0 Å². The van der Waals surface area contributed by atoms with E-state index in [0.29, 0.717) is 22.4 Å². The van der Waals surface area contributed by atoms with E-state index in [0.717, 1.165) is 17.3 Å². The molecule has 0 spiro atoms. The highest BCUT2D eigenvalue weighted by Gasteiger charge is 2.17. The lowest BCUT2D eigenvalue weighted by molar-refractivity contribution is -0.119. The zero-order valence-electron chi connectivity index (χ0n) is 17.3. The number of aromatic nitrogens is 2. The van der Waals surface area contributed by atoms with Gasteiger partial charge in [0.15, 0.2) is 6.61 Å². The van der Waals surface area contributed by atoms with Gasteiger partial charge < -0.3 is 10.1 Å². The third-order valence-electron chi connectivity index (χ3n) is 4.60. The number of sulfonamides is 1. The van der Waals surface area contributed by atoms with Crippen molar-refractivity contribution in [1.82, 2.24) is 8.75 Å². The largest absolute Gasteiger partial charge is 0.452 e. The van der Waals surface area contributed by atoms with Crippen LogP contribution in [0.5, 0.6) is 0 Å². The molecule has 11 heteroatoms. The van der Waals surface area contributed by atoms with Crippen LogP contribution in [0.2, 0.25) is 0 Å². The molecule has 0 aliphatic carbocycles. The lowest BCUT2D eigenvalue weighted by atomic mass is 10.2. The maximum atomic E-state index is 12.5. The molecule has 33 heavy (non-hydrogen) atoms. The molecule has 0 unspecified atom stereocenters. The average molecular weight is 483 g/mol. The van der Waals surface area contributed by atoms with Crippen molar-refractivity contribution in [2.45, 2.75) is 11.8 Å². The lowest BCUT2D eigenvalue weighted by Crippen LogP contribution is -2.21. The van der Waals surface area contributed by atoms with Gasteiger partial charge in [-0.05, 0) is 55.5 Å². The van der Waals surface area contributed by atoms with Gasteiger partial charge in [0, 0.05) is 5.69 Å². The number of ether oxygens (including phenoxy) is 1. The van der Waals surface area contributed by atoms with Gasteiger partial charge in [0.1, 0.15) is 11.0 Å². The summed E-state index contributed by atoms with van der Waals surface area (Å²) in [5, 5.41) is 2.63. The number of amides is 1. The summed E-state index contributed by atoms with van der Waals surface area (Å²) in [4.78, 5) is 24.4. The van der Waals surface area contributed by atoms with Crippen molar-refractivity contribution in [2.75, 3.05) is 16.6 Å². The predicted molar refractivity (Wildman–Crippen MR) is 125 cm³/mol. The van der Waals surface area contributed by atoms with E-state index < -0.39 is 28.5 Å². The number of benzene rings is 3. The summed E-state index contributed by atoms with van der Waals surface area (Å²) in [5.74, 6) is -1.29. The Bertz CT molecular complexity index is 1420. The molecule has 1 aromatic heterocycles. The summed E-state index contributed by atoms with van der Waals surface area (Å²) in [7, 11) is -3.82. The van der Waals surface area contributed by atoms with E-state index in [2.05, 4.69) is 18.8 Å². The maximum absolute atomic E-state index is 12.5. The lowest BCUT2D eigenvalue weighted by Gasteiger charge is -2.09. The second-order valence-electron chi connectivity index (χ2n) is 7.06. The quantitative estimate of drug-likeness (QED) is 0.385. The number of fused-ring (bicyclic) bond motifs is 1. The molecule has 0 aliphatic rings. The zero-order valence-corrected chi connectivity index (χ0v) is 18.9. The summed E-state index contributed by atoms with van der Waals surface area (Å²) >= 11 is 1.03. The number of carbonyl (C=O) groups excluding carboxylic acids is 2. The van der Waals surface area contributed by atoms with E-state index >= 15 is 0 Å². The number of carbonyl (C=O) groups is 2. The predicted octanol–water partition coefficient (Wildman–Crippen LogP) is 3.60. The minimum atomic E-state index is -3.82. The summed E-state index contributed by atoms with van der Waals surface area (Å²) < 4.78 is 40.8. The number of anilines is 2. The fourth-order valence-electron chi connectivity index (χ4n) is 2.91. The molecule has 1 amide bonds. The first kappa shape index (κ1) is 22.4. The SMILES string of the molecule is Cc1ccc(NS(=O)(=O)c2ccc(C(=O)OCC(=O)Nc3cccc4nsnc34)cc2)cc1. The number of rotatable bonds is 7. The van der Waals surface area contributed by atoms with Gasteiger partial charge in [-0.15, -0.1) is 0 Å². The van der Waals surface area contributed by atoms with Gasteiger partial charge >= 0.3 is 5.97 Å². The maximum Gasteiger partial charge on any atom is 0.338 e. The first-order chi connectivity index (χ1) is 15.8. The fourth-order valence-corrected chi connectivity index (χ4v) is 4.52. The second-order valence-corrected chi connectivity index (χ2v) is 9.27. The molecule has 0 saturated heterocycles. The van der Waals surface area contributed by atoms with Crippen molar-refractivity contribution in [3.8, 4) is 0 Å². The van der Waals surface area contributed by atoms with Crippen LogP contribution in [0.4, 0.5) is 11.4 Å². The normalized spacial score (nSPS) is 11.2. The van der Waals surface area contributed by atoms with E-state index in [9.17, 15) is 18.0 Å². The molecule has 1 heterocycles. The van der Waals surface area contributed by atoms with Gasteiger partial charge in [0.2, 0.25) is 0 Å². The zero-order chi connectivity index (χ0) is 23.4. The summed E-state index contributed by atoms with van der Waals surface area (Å²) in [5.41, 5.74) is 3.23. The molecule has 0 atom stereocenters. The van der Waals surface area contributed by atoms with Crippen LogP contribution >= 0.6 is 11.7 Å². The van der Waals surface area contributed by atoms with Gasteiger partial charge in [0.25, 0.3) is 15.9 Å². The Kier molecular flexibility index (Phi) is 6.33. The van der Waals surface area contributed by atoms with Crippen molar-refractivity contribution in [3.63, 3.8) is 0 Å². The minimum Gasteiger partial charge on any atom is -0.452 e. The van der Waals surface area contributed by atoms with E-state index in [1.165, 1.54) is 24.3 Å². The average Bonchev–Trinajstić information content (AvgIpc) is 3.29. The number of aryl methyl sites for hydroxylation is 1. The van der Waals surface area contributed by atoms with Crippen LogP contribution in [0.3, 0.4) is 0 Å². The molecule has 0 saturated carbocycles. The van der Waals surface area contributed by atoms with Crippen LogP contribution in [0.15, 0.2) is 71.6 Å². The molecule has 0 radical (unpaired) electrons. The molecule has 0 aliphatic heterocycles. The molecule has 4 rings (SSSR count). The van der Waals surface area contributed by atoms with Crippen molar-refractivity contribution in [2.24, 2.45) is 0 Å². The van der Waals surface area contributed by atoms with E-state index in [4.69, 9.17) is 4.74 Å². The fraction of sp³-hybridized carbons (Fsp3) is 0.0909. The molecule has 9 nitrogen and oxygen atoms in total. The topological polar surface area (TPSA) is 127 Å². The second kappa shape index (κ2) is 9.35. The van der Waals surface area contributed by atoms with Gasteiger partial charge in [-0.2, -0.15) is 8.75 Å². The number of esters is 1. The first-order valence-corrected chi connectivity index (χ1v) is 11.9. The van der Waals surface area contributed by atoms with Gasteiger partial charge in [-0.25, -0.2) is 13.2 Å². The van der Waals surface area contributed by atoms with Crippen LogP contribution in [-0.4, -0.2) is 35.6 Å². The molecule has 3 aromatic carbocycles. The Hall–Kier alpha value is -3.83. The summed E-state index contributed by atoms with van der Waals surface area (Å²) in [6, 6.07) is 17.3. The Morgan fingerprint density at radius 2 is 1.70 bits per heavy atom. The molecular weight excluding hydrogens is 464 g/mol. The summed E-state index contributed by atoms with van der Waals surface area (Å²) in [6.07, 6.45) is 0. The van der Waals surface area contributed by atoms with Crippen LogP contribution in [0, 0.1) is 6.92 Å². The van der Waals surface area contributed by atoms with E-state index in [1.54, 1.807) is 42.5 Å².